The van der Waals surface area contributed by atoms with Crippen LogP contribution in [0.1, 0.15) is 10.4 Å². The van der Waals surface area contributed by atoms with Gasteiger partial charge in [0.1, 0.15) is 6.61 Å². The number of esters is 1. The van der Waals surface area contributed by atoms with E-state index in [1.165, 1.54) is 6.08 Å². The third-order valence-corrected chi connectivity index (χ3v) is 2.01. The summed E-state index contributed by atoms with van der Waals surface area (Å²) >= 11 is 0. The van der Waals surface area contributed by atoms with Crippen LogP contribution in [-0.4, -0.2) is 22.8 Å². The Morgan fingerprint density at radius 2 is 2.47 bits per heavy atom. The van der Waals surface area contributed by atoms with Crippen LogP contribution < -0.4 is 0 Å². The standard InChI is InChI=1S/C11H10N2O2/c1-2-5-15-11(14)8-3-4-10-9(6-8)7-12-13-10/h2-4,6-7H,1,5H2,(H,12,13). The molecule has 4 heteroatoms. The van der Waals surface area contributed by atoms with Crippen LogP contribution in [0.3, 0.4) is 0 Å². The highest BCUT2D eigenvalue weighted by atomic mass is 16.5. The minimum atomic E-state index is -0.349. The van der Waals surface area contributed by atoms with Crippen LogP contribution in [0.15, 0.2) is 37.1 Å². The van der Waals surface area contributed by atoms with Gasteiger partial charge in [-0.3, -0.25) is 5.10 Å². The van der Waals surface area contributed by atoms with Crippen LogP contribution in [0, 0.1) is 0 Å². The predicted octanol–water partition coefficient (Wildman–Crippen LogP) is 1.91. The number of carbonyl (C=O) groups excluding carboxylic acids is 1. The Bertz CT molecular complexity index is 502. The Balaban J connectivity index is 2.27. The highest BCUT2D eigenvalue weighted by Gasteiger charge is 2.07. The maximum atomic E-state index is 11.5. The van der Waals surface area contributed by atoms with Gasteiger partial charge in [0, 0.05) is 5.39 Å². The van der Waals surface area contributed by atoms with Crippen molar-refractivity contribution in [3.8, 4) is 0 Å². The number of fused-ring (bicyclic) bond motifs is 1. The lowest BCUT2D eigenvalue weighted by Gasteiger charge is -2.01. The van der Waals surface area contributed by atoms with Gasteiger partial charge in [0.2, 0.25) is 0 Å². The average molecular weight is 202 g/mol. The van der Waals surface area contributed by atoms with Crippen molar-refractivity contribution in [2.45, 2.75) is 0 Å². The number of nitrogens with zero attached hydrogens (tertiary/aromatic N) is 1. The molecule has 0 spiro atoms. The van der Waals surface area contributed by atoms with Gasteiger partial charge < -0.3 is 4.74 Å². The number of ether oxygens (including phenoxy) is 1. The molecule has 1 heterocycles. The van der Waals surface area contributed by atoms with Crippen molar-refractivity contribution < 1.29 is 9.53 Å². The van der Waals surface area contributed by atoms with Crippen LogP contribution >= 0.6 is 0 Å². The van der Waals surface area contributed by atoms with Crippen molar-refractivity contribution in [3.05, 3.63) is 42.6 Å². The van der Waals surface area contributed by atoms with E-state index in [9.17, 15) is 4.79 Å². The van der Waals surface area contributed by atoms with E-state index in [-0.39, 0.29) is 12.6 Å². The smallest absolute Gasteiger partial charge is 0.338 e. The molecule has 0 aliphatic rings. The molecule has 0 aliphatic carbocycles. The van der Waals surface area contributed by atoms with E-state index >= 15 is 0 Å². The highest BCUT2D eigenvalue weighted by molar-refractivity contribution is 5.94. The van der Waals surface area contributed by atoms with E-state index in [4.69, 9.17) is 4.74 Å². The SMILES string of the molecule is C=CCOC(=O)c1ccc2[nH]ncc2c1. The Labute approximate surface area is 86.6 Å². The molecular weight excluding hydrogens is 192 g/mol. The lowest BCUT2D eigenvalue weighted by Crippen LogP contribution is -2.04. The summed E-state index contributed by atoms with van der Waals surface area (Å²) in [7, 11) is 0. The maximum Gasteiger partial charge on any atom is 0.338 e. The zero-order chi connectivity index (χ0) is 10.7. The molecule has 0 amide bonds. The highest BCUT2D eigenvalue weighted by Crippen LogP contribution is 2.13. The second-order valence-corrected chi connectivity index (χ2v) is 3.06. The van der Waals surface area contributed by atoms with Crippen molar-refractivity contribution >= 4 is 16.9 Å². The van der Waals surface area contributed by atoms with Gasteiger partial charge in [-0.15, -0.1) is 0 Å². The fourth-order valence-corrected chi connectivity index (χ4v) is 1.29. The number of benzene rings is 1. The summed E-state index contributed by atoms with van der Waals surface area (Å²) < 4.78 is 4.92. The van der Waals surface area contributed by atoms with E-state index in [2.05, 4.69) is 16.8 Å². The van der Waals surface area contributed by atoms with Crippen molar-refractivity contribution in [2.24, 2.45) is 0 Å². The number of rotatable bonds is 3. The summed E-state index contributed by atoms with van der Waals surface area (Å²) in [5.41, 5.74) is 1.42. The average Bonchev–Trinajstić information content (AvgIpc) is 2.72. The minimum Gasteiger partial charge on any atom is -0.458 e. The fourth-order valence-electron chi connectivity index (χ4n) is 1.29. The third-order valence-electron chi connectivity index (χ3n) is 2.01. The van der Waals surface area contributed by atoms with Crippen molar-refractivity contribution in [2.75, 3.05) is 6.61 Å². The molecule has 0 aliphatic heterocycles. The van der Waals surface area contributed by atoms with Gasteiger partial charge in [0.05, 0.1) is 17.3 Å². The number of aromatic amines is 1. The molecule has 0 radical (unpaired) electrons. The van der Waals surface area contributed by atoms with Crippen molar-refractivity contribution in [1.29, 1.82) is 0 Å². The van der Waals surface area contributed by atoms with E-state index in [1.54, 1.807) is 24.4 Å². The summed E-state index contributed by atoms with van der Waals surface area (Å²) in [6.45, 7) is 3.70. The van der Waals surface area contributed by atoms with Gasteiger partial charge in [-0.05, 0) is 18.2 Å². The van der Waals surface area contributed by atoms with Crippen LogP contribution in [0.25, 0.3) is 10.9 Å². The van der Waals surface area contributed by atoms with Crippen LogP contribution in [0.4, 0.5) is 0 Å². The first-order valence-electron chi connectivity index (χ1n) is 4.52. The van der Waals surface area contributed by atoms with E-state index in [0.29, 0.717) is 5.56 Å². The first-order chi connectivity index (χ1) is 7.31. The summed E-state index contributed by atoms with van der Waals surface area (Å²) in [5.74, 6) is -0.349. The number of aromatic nitrogens is 2. The second kappa shape index (κ2) is 3.96. The molecule has 1 aromatic heterocycles. The van der Waals surface area contributed by atoms with Gasteiger partial charge >= 0.3 is 5.97 Å². The number of nitrogens with one attached hydrogen (secondary N) is 1. The van der Waals surface area contributed by atoms with Gasteiger partial charge in [-0.2, -0.15) is 5.10 Å². The van der Waals surface area contributed by atoms with E-state index in [1.807, 2.05) is 0 Å². The predicted molar refractivity (Wildman–Crippen MR) is 56.6 cm³/mol. The quantitative estimate of drug-likeness (QED) is 0.611. The number of hydrogen-bond donors (Lipinski definition) is 1. The Kier molecular flexibility index (Phi) is 2.49. The number of hydrogen-bond acceptors (Lipinski definition) is 3. The topological polar surface area (TPSA) is 55.0 Å². The molecule has 1 N–H and O–H groups in total. The molecule has 0 saturated heterocycles. The first-order valence-corrected chi connectivity index (χ1v) is 4.52. The largest absolute Gasteiger partial charge is 0.458 e. The van der Waals surface area contributed by atoms with Gasteiger partial charge in [0.15, 0.2) is 0 Å². The minimum absolute atomic E-state index is 0.224. The van der Waals surface area contributed by atoms with E-state index in [0.717, 1.165) is 10.9 Å². The van der Waals surface area contributed by atoms with Crippen LogP contribution in [-0.2, 0) is 4.74 Å². The molecule has 0 saturated carbocycles. The molecule has 0 fully saturated rings. The number of carbonyl (C=O) groups is 1. The van der Waals surface area contributed by atoms with Crippen molar-refractivity contribution in [3.63, 3.8) is 0 Å². The van der Waals surface area contributed by atoms with Crippen molar-refractivity contribution in [1.82, 2.24) is 10.2 Å². The normalized spacial score (nSPS) is 10.1. The lowest BCUT2D eigenvalue weighted by molar-refractivity contribution is 0.0550. The molecular formula is C11H10N2O2. The summed E-state index contributed by atoms with van der Waals surface area (Å²) in [6.07, 6.45) is 3.20. The zero-order valence-corrected chi connectivity index (χ0v) is 8.06. The fraction of sp³-hybridized carbons (Fsp3) is 0.0909. The van der Waals surface area contributed by atoms with Crippen LogP contribution in [0.2, 0.25) is 0 Å². The third kappa shape index (κ3) is 1.88. The second-order valence-electron chi connectivity index (χ2n) is 3.06. The van der Waals surface area contributed by atoms with E-state index < -0.39 is 0 Å². The summed E-state index contributed by atoms with van der Waals surface area (Å²) in [4.78, 5) is 11.5. The molecule has 0 unspecified atom stereocenters. The van der Waals surface area contributed by atoms with Gasteiger partial charge in [0.25, 0.3) is 0 Å². The lowest BCUT2D eigenvalue weighted by atomic mass is 10.2. The Morgan fingerprint density at radius 1 is 1.60 bits per heavy atom. The summed E-state index contributed by atoms with van der Waals surface area (Å²) in [6, 6.07) is 5.24. The summed E-state index contributed by atoms with van der Waals surface area (Å²) in [5, 5.41) is 7.57. The van der Waals surface area contributed by atoms with Crippen LogP contribution in [0.5, 0.6) is 0 Å². The molecule has 2 aromatic rings. The maximum absolute atomic E-state index is 11.5. The number of H-pyrrole nitrogens is 1. The Morgan fingerprint density at radius 3 is 3.27 bits per heavy atom. The molecule has 1 aromatic carbocycles. The molecule has 76 valence electrons. The molecule has 4 nitrogen and oxygen atoms in total. The molecule has 15 heavy (non-hydrogen) atoms. The van der Waals surface area contributed by atoms with Gasteiger partial charge in [-0.1, -0.05) is 12.7 Å². The van der Waals surface area contributed by atoms with Gasteiger partial charge in [-0.25, -0.2) is 4.79 Å². The monoisotopic (exact) mass is 202 g/mol. The molecule has 2 rings (SSSR count). The Hall–Kier alpha value is -2.10. The molecule has 0 bridgehead atoms. The zero-order valence-electron chi connectivity index (χ0n) is 8.06. The molecule has 0 atom stereocenters. The first kappa shape index (κ1) is 9.45.